The molecule has 0 aromatic heterocycles. The first kappa shape index (κ1) is 22.4. The second-order valence-electron chi connectivity index (χ2n) is 6.56. The molecule has 0 bridgehead atoms. The second-order valence-corrected chi connectivity index (χ2v) is 6.56. The predicted molar refractivity (Wildman–Crippen MR) is 119 cm³/mol. The number of nitrogens with zero attached hydrogens (tertiary/aromatic N) is 1. The Hall–Kier alpha value is -4.28. The van der Waals surface area contributed by atoms with Crippen LogP contribution in [0.15, 0.2) is 66.7 Å². The number of hydrogen-bond acceptors (Lipinski definition) is 6. The number of amides is 1. The molecule has 162 valence electrons. The monoisotopic (exact) mass is 431 g/mol. The van der Waals surface area contributed by atoms with Crippen LogP contribution in [0.25, 0.3) is 11.1 Å². The van der Waals surface area contributed by atoms with Gasteiger partial charge in [0.1, 0.15) is 5.75 Å². The largest absolute Gasteiger partial charge is 0.496 e. The molecule has 3 aromatic rings. The molecule has 0 aliphatic carbocycles. The molecule has 0 radical (unpaired) electrons. The average Bonchev–Trinajstić information content (AvgIpc) is 2.86. The molecule has 7 heteroatoms. The number of hydroxylamine groups is 1. The lowest BCUT2D eigenvalue weighted by Gasteiger charge is -2.16. The molecule has 1 amide bonds. The normalized spacial score (nSPS) is 9.88. The summed E-state index contributed by atoms with van der Waals surface area (Å²) in [5.74, 6) is 6.32. The van der Waals surface area contributed by atoms with Gasteiger partial charge in [-0.05, 0) is 60.2 Å². The highest BCUT2D eigenvalue weighted by Gasteiger charge is 2.16. The van der Waals surface area contributed by atoms with Crippen molar-refractivity contribution < 1.29 is 29.0 Å². The molecule has 1 N–H and O–H groups in total. The van der Waals surface area contributed by atoms with Gasteiger partial charge < -0.3 is 14.2 Å². The highest BCUT2D eigenvalue weighted by Crippen LogP contribution is 2.33. The van der Waals surface area contributed by atoms with E-state index in [2.05, 4.69) is 21.3 Å². The fourth-order valence-corrected chi connectivity index (χ4v) is 2.93. The molecule has 3 rings (SSSR count). The van der Waals surface area contributed by atoms with E-state index < -0.39 is 12.1 Å². The summed E-state index contributed by atoms with van der Waals surface area (Å²) >= 11 is 0. The number of benzene rings is 3. The van der Waals surface area contributed by atoms with Crippen molar-refractivity contribution in [2.45, 2.75) is 0 Å². The summed E-state index contributed by atoms with van der Waals surface area (Å²) in [4.78, 5) is 23.1. The van der Waals surface area contributed by atoms with Crippen molar-refractivity contribution >= 4 is 17.7 Å². The molecular weight excluding hydrogens is 410 g/mol. The van der Waals surface area contributed by atoms with Crippen LogP contribution >= 0.6 is 0 Å². The lowest BCUT2D eigenvalue weighted by molar-refractivity contribution is 0.0600. The molecule has 32 heavy (non-hydrogen) atoms. The molecule has 0 spiro atoms. The van der Waals surface area contributed by atoms with Gasteiger partial charge >= 0.3 is 12.1 Å². The molecule has 0 heterocycles. The number of esters is 1. The van der Waals surface area contributed by atoms with Gasteiger partial charge in [-0.2, -0.15) is 5.06 Å². The van der Waals surface area contributed by atoms with Crippen molar-refractivity contribution in [3.8, 4) is 28.7 Å². The molecular formula is C25H21NO6. The topological polar surface area (TPSA) is 85.3 Å². The lowest BCUT2D eigenvalue weighted by atomic mass is 10.0. The van der Waals surface area contributed by atoms with Gasteiger partial charge in [-0.15, -0.1) is 0 Å². The van der Waals surface area contributed by atoms with Gasteiger partial charge in [-0.1, -0.05) is 24.0 Å². The van der Waals surface area contributed by atoms with Crippen molar-refractivity contribution in [3.05, 3.63) is 83.4 Å². The summed E-state index contributed by atoms with van der Waals surface area (Å²) in [7, 11) is 4.06. The van der Waals surface area contributed by atoms with Crippen LogP contribution in [0.3, 0.4) is 0 Å². The van der Waals surface area contributed by atoms with Gasteiger partial charge in [-0.3, -0.25) is 5.21 Å². The van der Waals surface area contributed by atoms with E-state index in [1.807, 2.05) is 24.3 Å². The molecule has 0 fully saturated rings. The smallest absolute Gasteiger partial charge is 0.438 e. The van der Waals surface area contributed by atoms with E-state index in [1.54, 1.807) is 49.6 Å². The Morgan fingerprint density at radius 1 is 0.812 bits per heavy atom. The third-order valence-corrected chi connectivity index (χ3v) is 4.63. The first-order valence-electron chi connectivity index (χ1n) is 9.52. The third kappa shape index (κ3) is 5.06. The van der Waals surface area contributed by atoms with Gasteiger partial charge in [0.2, 0.25) is 0 Å². The fraction of sp³-hybridized carbons (Fsp3) is 0.120. The van der Waals surface area contributed by atoms with E-state index in [0.717, 1.165) is 16.7 Å². The van der Waals surface area contributed by atoms with Crippen LogP contribution in [-0.4, -0.2) is 38.6 Å². The van der Waals surface area contributed by atoms with Crippen molar-refractivity contribution in [2.24, 2.45) is 0 Å². The summed E-state index contributed by atoms with van der Waals surface area (Å²) in [5.41, 5.74) is 3.76. The molecule has 3 aromatic carbocycles. The maximum atomic E-state index is 11.6. The number of carbonyl (C=O) groups is 2. The number of methoxy groups -OCH3 is 3. The van der Waals surface area contributed by atoms with Crippen molar-refractivity contribution in [3.63, 3.8) is 0 Å². The molecule has 0 atom stereocenters. The van der Waals surface area contributed by atoms with E-state index >= 15 is 0 Å². The zero-order valence-electron chi connectivity index (χ0n) is 17.8. The van der Waals surface area contributed by atoms with Crippen molar-refractivity contribution in [2.75, 3.05) is 26.4 Å². The van der Waals surface area contributed by atoms with E-state index in [9.17, 15) is 14.8 Å². The number of rotatable bonds is 4. The van der Waals surface area contributed by atoms with Crippen LogP contribution in [0.4, 0.5) is 10.5 Å². The summed E-state index contributed by atoms with van der Waals surface area (Å²) in [6.45, 7) is 0. The predicted octanol–water partition coefficient (Wildman–Crippen LogP) is 4.51. The van der Waals surface area contributed by atoms with Crippen molar-refractivity contribution in [1.82, 2.24) is 0 Å². The maximum Gasteiger partial charge on any atom is 0.438 e. The Morgan fingerprint density at radius 3 is 1.94 bits per heavy atom. The Bertz CT molecular complexity index is 1170. The van der Waals surface area contributed by atoms with E-state index in [0.29, 0.717) is 21.9 Å². The van der Waals surface area contributed by atoms with Gasteiger partial charge in [-0.25, -0.2) is 9.59 Å². The van der Waals surface area contributed by atoms with Crippen LogP contribution in [-0.2, 0) is 9.47 Å². The molecule has 0 saturated carbocycles. The minimum atomic E-state index is -0.897. The standard InChI is InChI=1S/C25H21NO6/c1-30-23-15-14-21(26(29)25(28)32-3)16-22(23)19-10-6-17(7-11-19)4-5-18-8-12-20(13-9-18)24(27)31-2/h6-16,29H,1-3H3. The summed E-state index contributed by atoms with van der Waals surface area (Å²) in [6.07, 6.45) is -0.897. The molecule has 7 nitrogen and oxygen atoms in total. The number of ether oxygens (including phenoxy) is 3. The second kappa shape index (κ2) is 10.2. The first-order valence-corrected chi connectivity index (χ1v) is 9.52. The fourth-order valence-electron chi connectivity index (χ4n) is 2.93. The molecule has 0 unspecified atom stereocenters. The van der Waals surface area contributed by atoms with E-state index in [1.165, 1.54) is 14.2 Å². The van der Waals surface area contributed by atoms with Crippen LogP contribution in [0.1, 0.15) is 21.5 Å². The highest BCUT2D eigenvalue weighted by molar-refractivity contribution is 5.89. The van der Waals surface area contributed by atoms with E-state index in [4.69, 9.17) is 4.74 Å². The summed E-state index contributed by atoms with van der Waals surface area (Å²) in [5, 5.41) is 10.4. The molecule has 0 aliphatic heterocycles. The minimum absolute atomic E-state index is 0.243. The van der Waals surface area contributed by atoms with Crippen LogP contribution < -0.4 is 9.80 Å². The maximum absolute atomic E-state index is 11.6. The zero-order chi connectivity index (χ0) is 23.1. The lowest BCUT2D eigenvalue weighted by Crippen LogP contribution is -2.26. The van der Waals surface area contributed by atoms with Crippen LogP contribution in [0.5, 0.6) is 5.75 Å². The Kier molecular flexibility index (Phi) is 7.11. The van der Waals surface area contributed by atoms with Gasteiger partial charge in [0, 0.05) is 16.7 Å². The Balaban J connectivity index is 1.84. The average molecular weight is 431 g/mol. The van der Waals surface area contributed by atoms with Gasteiger partial charge in [0.25, 0.3) is 0 Å². The van der Waals surface area contributed by atoms with Crippen LogP contribution in [0.2, 0.25) is 0 Å². The zero-order valence-corrected chi connectivity index (χ0v) is 17.8. The van der Waals surface area contributed by atoms with Gasteiger partial charge in [0.15, 0.2) is 0 Å². The highest BCUT2D eigenvalue weighted by atomic mass is 16.6. The SMILES string of the molecule is COC(=O)c1ccc(C#Cc2ccc(-c3cc(N(O)C(=O)OC)ccc3OC)cc2)cc1. The summed E-state index contributed by atoms with van der Waals surface area (Å²) < 4.78 is 14.6. The quantitative estimate of drug-likeness (QED) is 0.283. The number of carbonyl (C=O) groups excluding carboxylic acids is 2. The third-order valence-electron chi connectivity index (χ3n) is 4.63. The molecule has 0 aliphatic rings. The number of hydrogen-bond donors (Lipinski definition) is 1. The minimum Gasteiger partial charge on any atom is -0.496 e. The van der Waals surface area contributed by atoms with E-state index in [-0.39, 0.29) is 5.69 Å². The number of anilines is 1. The Morgan fingerprint density at radius 2 is 1.41 bits per heavy atom. The van der Waals surface area contributed by atoms with Gasteiger partial charge in [0.05, 0.1) is 32.6 Å². The van der Waals surface area contributed by atoms with Crippen LogP contribution in [0, 0.1) is 11.8 Å². The molecule has 0 saturated heterocycles. The summed E-state index contributed by atoms with van der Waals surface area (Å²) in [6, 6.07) is 19.1. The first-order chi connectivity index (χ1) is 15.5. The van der Waals surface area contributed by atoms with Crippen molar-refractivity contribution in [1.29, 1.82) is 0 Å². The Labute approximate surface area is 185 Å².